The number of carbonyl (C=O) groups is 1. The molecule has 1 amide bonds. The van der Waals surface area contributed by atoms with Crippen LogP contribution in [0.2, 0.25) is 0 Å². The van der Waals surface area contributed by atoms with Crippen molar-refractivity contribution < 1.29 is 9.90 Å². The van der Waals surface area contributed by atoms with E-state index in [1.807, 2.05) is 12.1 Å². The van der Waals surface area contributed by atoms with Gasteiger partial charge in [0, 0.05) is 12.5 Å². The number of hydrogen-bond acceptors (Lipinski definition) is 2. The van der Waals surface area contributed by atoms with Crippen molar-refractivity contribution in [3.63, 3.8) is 0 Å². The van der Waals surface area contributed by atoms with E-state index < -0.39 is 0 Å². The smallest absolute Gasteiger partial charge is 0.223 e. The third kappa shape index (κ3) is 5.04. The van der Waals surface area contributed by atoms with Gasteiger partial charge in [-0.15, -0.1) is 0 Å². The Hall–Kier alpha value is -1.51. The Labute approximate surface area is 135 Å². The lowest BCUT2D eigenvalue weighted by Gasteiger charge is -2.36. The van der Waals surface area contributed by atoms with Crippen LogP contribution in [0.5, 0.6) is 5.75 Å². The van der Waals surface area contributed by atoms with Gasteiger partial charge in [0.15, 0.2) is 0 Å². The highest BCUT2D eigenvalue weighted by atomic mass is 16.3. The van der Waals surface area contributed by atoms with E-state index in [9.17, 15) is 9.90 Å². The number of benzene rings is 1. The minimum Gasteiger partial charge on any atom is -0.508 e. The molecular formula is C19H31NO2. The Morgan fingerprint density at radius 2 is 1.82 bits per heavy atom. The third-order valence-corrected chi connectivity index (χ3v) is 4.90. The van der Waals surface area contributed by atoms with Crippen LogP contribution in [0.4, 0.5) is 0 Å². The van der Waals surface area contributed by atoms with Gasteiger partial charge in [-0.05, 0) is 35.4 Å². The van der Waals surface area contributed by atoms with Gasteiger partial charge < -0.3 is 10.4 Å². The molecule has 2 N–H and O–H groups in total. The minimum absolute atomic E-state index is 0.0120. The summed E-state index contributed by atoms with van der Waals surface area (Å²) in [6.07, 6.45) is 2.79. The maximum atomic E-state index is 12.6. The van der Waals surface area contributed by atoms with Crippen molar-refractivity contribution >= 4 is 5.91 Å². The van der Waals surface area contributed by atoms with E-state index in [0.717, 1.165) is 24.8 Å². The molecule has 0 aliphatic rings. The van der Waals surface area contributed by atoms with Crippen molar-refractivity contribution in [1.82, 2.24) is 5.32 Å². The van der Waals surface area contributed by atoms with Gasteiger partial charge in [0.25, 0.3) is 0 Å². The van der Waals surface area contributed by atoms with Crippen molar-refractivity contribution in [1.29, 1.82) is 0 Å². The topological polar surface area (TPSA) is 49.3 Å². The number of amides is 1. The van der Waals surface area contributed by atoms with Crippen LogP contribution in [0.15, 0.2) is 24.3 Å². The maximum absolute atomic E-state index is 12.6. The van der Waals surface area contributed by atoms with Crippen molar-refractivity contribution in [3.05, 3.63) is 29.8 Å². The lowest BCUT2D eigenvalue weighted by Crippen LogP contribution is -2.43. The first kappa shape index (κ1) is 18.5. The lowest BCUT2D eigenvalue weighted by atomic mass is 9.69. The highest BCUT2D eigenvalue weighted by Crippen LogP contribution is 2.37. The predicted octanol–water partition coefficient (Wildman–Crippen LogP) is 4.15. The van der Waals surface area contributed by atoms with Crippen molar-refractivity contribution in [3.8, 4) is 5.75 Å². The molecule has 0 unspecified atom stereocenters. The first-order chi connectivity index (χ1) is 10.3. The van der Waals surface area contributed by atoms with Gasteiger partial charge in [-0.3, -0.25) is 4.79 Å². The lowest BCUT2D eigenvalue weighted by molar-refractivity contribution is -0.131. The number of phenols is 1. The van der Waals surface area contributed by atoms with Crippen molar-refractivity contribution in [2.24, 2.45) is 17.3 Å². The van der Waals surface area contributed by atoms with E-state index in [-0.39, 0.29) is 23.0 Å². The molecule has 0 aliphatic heterocycles. The van der Waals surface area contributed by atoms with Gasteiger partial charge in [-0.1, -0.05) is 59.6 Å². The first-order valence-electron chi connectivity index (χ1n) is 8.37. The van der Waals surface area contributed by atoms with Crippen LogP contribution >= 0.6 is 0 Å². The fraction of sp³-hybridized carbons (Fsp3) is 0.632. The van der Waals surface area contributed by atoms with Gasteiger partial charge in [0.1, 0.15) is 5.75 Å². The first-order valence-corrected chi connectivity index (χ1v) is 8.37. The zero-order valence-electron chi connectivity index (χ0n) is 14.6. The molecule has 0 heterocycles. The number of phenolic OH excluding ortho intramolecular Hbond substituents is 1. The Morgan fingerprint density at radius 1 is 1.23 bits per heavy atom. The fourth-order valence-corrected chi connectivity index (χ4v) is 2.94. The molecule has 124 valence electrons. The molecule has 0 radical (unpaired) electrons. The van der Waals surface area contributed by atoms with Crippen molar-refractivity contribution in [2.45, 2.75) is 53.9 Å². The molecule has 0 fully saturated rings. The zero-order valence-corrected chi connectivity index (χ0v) is 14.6. The molecule has 3 nitrogen and oxygen atoms in total. The highest BCUT2D eigenvalue weighted by molar-refractivity contribution is 5.79. The average Bonchev–Trinajstić information content (AvgIpc) is 2.49. The van der Waals surface area contributed by atoms with E-state index in [0.29, 0.717) is 12.5 Å². The Morgan fingerprint density at radius 3 is 2.32 bits per heavy atom. The number of nitrogens with one attached hydrogen (secondary N) is 1. The molecule has 1 rings (SSSR count). The van der Waals surface area contributed by atoms with Crippen molar-refractivity contribution in [2.75, 3.05) is 6.54 Å². The monoisotopic (exact) mass is 305 g/mol. The van der Waals surface area contributed by atoms with Crippen LogP contribution in [0.25, 0.3) is 0 Å². The summed E-state index contributed by atoms with van der Waals surface area (Å²) in [6, 6.07) is 7.14. The van der Waals surface area contributed by atoms with E-state index in [1.165, 1.54) is 0 Å². The van der Waals surface area contributed by atoms with Gasteiger partial charge in [0.05, 0.1) is 0 Å². The summed E-state index contributed by atoms with van der Waals surface area (Å²) in [6.45, 7) is 11.5. The summed E-state index contributed by atoms with van der Waals surface area (Å²) in [5.41, 5.74) is 1.13. The van der Waals surface area contributed by atoms with Crippen LogP contribution < -0.4 is 5.32 Å². The van der Waals surface area contributed by atoms with Gasteiger partial charge in [0.2, 0.25) is 5.91 Å². The fourth-order valence-electron chi connectivity index (χ4n) is 2.94. The van der Waals surface area contributed by atoms with Crippen LogP contribution in [-0.2, 0) is 11.2 Å². The normalized spacial score (nSPS) is 14.4. The maximum Gasteiger partial charge on any atom is 0.223 e. The molecule has 0 saturated heterocycles. The second-order valence-electron chi connectivity index (χ2n) is 6.91. The summed E-state index contributed by atoms with van der Waals surface area (Å²) in [5.74, 6) is 0.861. The average molecular weight is 305 g/mol. The summed E-state index contributed by atoms with van der Waals surface area (Å²) in [4.78, 5) is 12.6. The molecule has 1 aromatic carbocycles. The second-order valence-corrected chi connectivity index (χ2v) is 6.91. The largest absolute Gasteiger partial charge is 0.508 e. The van der Waals surface area contributed by atoms with Gasteiger partial charge in [-0.25, -0.2) is 0 Å². The summed E-state index contributed by atoms with van der Waals surface area (Å²) in [7, 11) is 0. The van der Waals surface area contributed by atoms with Gasteiger partial charge >= 0.3 is 0 Å². The van der Waals surface area contributed by atoms with E-state index in [1.54, 1.807) is 12.1 Å². The summed E-state index contributed by atoms with van der Waals surface area (Å²) >= 11 is 0. The zero-order chi connectivity index (χ0) is 16.8. The number of rotatable bonds is 8. The quantitative estimate of drug-likeness (QED) is 0.758. The van der Waals surface area contributed by atoms with Crippen LogP contribution in [0.1, 0.15) is 53.0 Å². The number of aromatic hydroxyl groups is 1. The highest BCUT2D eigenvalue weighted by Gasteiger charge is 2.36. The molecule has 3 heteroatoms. The van der Waals surface area contributed by atoms with E-state index in [4.69, 9.17) is 0 Å². The molecule has 0 bridgehead atoms. The van der Waals surface area contributed by atoms with Crippen LogP contribution in [0.3, 0.4) is 0 Å². The van der Waals surface area contributed by atoms with E-state index >= 15 is 0 Å². The number of hydrogen-bond donors (Lipinski definition) is 2. The molecule has 1 aromatic rings. The standard InChI is InChI=1S/C19H31NO2/c1-6-14(3)17(19(4,5)7-2)18(22)20-13-12-15-8-10-16(21)11-9-15/h8-11,14,17,21H,6-7,12-13H2,1-5H3,(H,20,22)/t14-,17-/m1/s1. The molecule has 0 aromatic heterocycles. The van der Waals surface area contributed by atoms with Gasteiger partial charge in [-0.2, -0.15) is 0 Å². The number of carbonyl (C=O) groups excluding carboxylic acids is 1. The second kappa shape index (κ2) is 8.21. The third-order valence-electron chi connectivity index (χ3n) is 4.90. The predicted molar refractivity (Wildman–Crippen MR) is 91.8 cm³/mol. The van der Waals surface area contributed by atoms with Crippen LogP contribution in [0, 0.1) is 17.3 Å². The Kier molecular flexibility index (Phi) is 6.92. The molecule has 0 saturated carbocycles. The summed E-state index contributed by atoms with van der Waals surface area (Å²) < 4.78 is 0. The molecule has 0 spiro atoms. The van der Waals surface area contributed by atoms with E-state index in [2.05, 4.69) is 39.9 Å². The molecule has 22 heavy (non-hydrogen) atoms. The SMILES string of the molecule is CC[C@@H](C)[C@H](C(=O)NCCc1ccc(O)cc1)C(C)(C)CC. The Balaban J connectivity index is 2.62. The molecule has 2 atom stereocenters. The summed E-state index contributed by atoms with van der Waals surface area (Å²) in [5, 5.41) is 12.4. The molecular weight excluding hydrogens is 274 g/mol. The minimum atomic E-state index is 0.0120. The molecule has 0 aliphatic carbocycles. The van der Waals surface area contributed by atoms with Crippen LogP contribution in [-0.4, -0.2) is 17.6 Å². The Bertz CT molecular complexity index is 465.